The van der Waals surface area contributed by atoms with E-state index in [1.165, 1.54) is 38.5 Å². The third-order valence-electron chi connectivity index (χ3n) is 3.61. The summed E-state index contributed by atoms with van der Waals surface area (Å²) in [5.74, 6) is 1.63. The van der Waals surface area contributed by atoms with Gasteiger partial charge in [-0.2, -0.15) is 0 Å². The molecule has 1 heterocycles. The van der Waals surface area contributed by atoms with E-state index < -0.39 is 0 Å². The number of hydrogen-bond donors (Lipinski definition) is 1. The lowest BCUT2D eigenvalue weighted by molar-refractivity contribution is 0.264. The maximum atomic E-state index is 5.82. The molecule has 3 nitrogen and oxygen atoms in total. The Morgan fingerprint density at radius 3 is 2.67 bits per heavy atom. The van der Waals surface area contributed by atoms with Crippen LogP contribution in [0.3, 0.4) is 0 Å². The van der Waals surface area contributed by atoms with Crippen molar-refractivity contribution in [3.63, 3.8) is 0 Å². The highest BCUT2D eigenvalue weighted by atomic mass is 15.2. The fourth-order valence-corrected chi connectivity index (χ4v) is 2.75. The number of aromatic nitrogens is 2. The highest BCUT2D eigenvalue weighted by molar-refractivity contribution is 5.18. The Hall–Kier alpha value is -0.990. The molecular formula is C12H21N3. The highest BCUT2D eigenvalue weighted by Crippen LogP contribution is 2.35. The van der Waals surface area contributed by atoms with E-state index in [1.807, 2.05) is 6.20 Å². The van der Waals surface area contributed by atoms with Gasteiger partial charge >= 0.3 is 0 Å². The molecule has 0 unspecified atom stereocenters. The summed E-state index contributed by atoms with van der Waals surface area (Å²) in [6.45, 7) is 2.28. The lowest BCUT2D eigenvalue weighted by Gasteiger charge is -2.29. The zero-order valence-corrected chi connectivity index (χ0v) is 9.52. The minimum absolute atomic E-state index is 0.598. The second-order valence-electron chi connectivity index (χ2n) is 4.66. The van der Waals surface area contributed by atoms with Crippen LogP contribution in [0.5, 0.6) is 0 Å². The van der Waals surface area contributed by atoms with Crippen LogP contribution < -0.4 is 5.73 Å². The molecular weight excluding hydrogens is 186 g/mol. The second-order valence-corrected chi connectivity index (χ2v) is 4.66. The number of nitrogens with zero attached hydrogens (tertiary/aromatic N) is 2. The van der Waals surface area contributed by atoms with Crippen LogP contribution >= 0.6 is 0 Å². The van der Waals surface area contributed by atoms with Crippen LogP contribution in [-0.4, -0.2) is 9.55 Å². The Kier molecular flexibility index (Phi) is 3.29. The van der Waals surface area contributed by atoms with Crippen LogP contribution in [0, 0.1) is 5.92 Å². The summed E-state index contributed by atoms with van der Waals surface area (Å²) >= 11 is 0. The molecule has 2 N–H and O–H groups in total. The molecule has 0 amide bonds. The van der Waals surface area contributed by atoms with Gasteiger partial charge in [0.15, 0.2) is 5.95 Å². The molecule has 0 aromatic carbocycles. The quantitative estimate of drug-likeness (QED) is 0.828. The molecule has 15 heavy (non-hydrogen) atoms. The Bertz CT molecular complexity index is 298. The molecule has 2 rings (SSSR count). The van der Waals surface area contributed by atoms with Gasteiger partial charge in [-0.05, 0) is 31.6 Å². The van der Waals surface area contributed by atoms with Gasteiger partial charge in [0.2, 0.25) is 0 Å². The molecule has 1 aromatic rings. The Labute approximate surface area is 91.7 Å². The zero-order valence-electron chi connectivity index (χ0n) is 9.52. The van der Waals surface area contributed by atoms with Crippen molar-refractivity contribution in [2.45, 2.75) is 51.5 Å². The first-order valence-corrected chi connectivity index (χ1v) is 6.09. The van der Waals surface area contributed by atoms with E-state index in [4.69, 9.17) is 5.73 Å². The summed E-state index contributed by atoms with van der Waals surface area (Å²) in [4.78, 5) is 4.09. The number of rotatable bonds is 3. The molecule has 0 radical (unpaired) electrons. The van der Waals surface area contributed by atoms with Crippen molar-refractivity contribution in [3.8, 4) is 0 Å². The zero-order chi connectivity index (χ0) is 10.7. The van der Waals surface area contributed by atoms with Crippen molar-refractivity contribution in [2.24, 2.45) is 5.92 Å². The van der Waals surface area contributed by atoms with Gasteiger partial charge in [-0.3, -0.25) is 0 Å². The van der Waals surface area contributed by atoms with Crippen LogP contribution in [-0.2, 0) is 0 Å². The van der Waals surface area contributed by atoms with Gasteiger partial charge < -0.3 is 10.3 Å². The molecule has 1 aromatic heterocycles. The molecule has 84 valence electrons. The Balaban J connectivity index is 1.91. The van der Waals surface area contributed by atoms with Crippen molar-refractivity contribution in [1.82, 2.24) is 9.55 Å². The van der Waals surface area contributed by atoms with Crippen molar-refractivity contribution in [2.75, 3.05) is 5.73 Å². The number of nitrogen functional groups attached to an aromatic ring is 1. The average Bonchev–Trinajstić information content (AvgIpc) is 2.66. The minimum Gasteiger partial charge on any atom is -0.369 e. The smallest absolute Gasteiger partial charge is 0.200 e. The summed E-state index contributed by atoms with van der Waals surface area (Å²) in [5, 5.41) is 0. The SMILES string of the molecule is CCCC1CCC(n2ccnc2N)CC1. The molecule has 1 fully saturated rings. The maximum Gasteiger partial charge on any atom is 0.200 e. The molecule has 0 bridgehead atoms. The standard InChI is InChI=1S/C12H21N3/c1-2-3-10-4-6-11(7-5-10)15-9-8-14-12(15)13/h8-11H,2-7H2,1H3,(H2,13,14). The van der Waals surface area contributed by atoms with Gasteiger partial charge in [0.05, 0.1) is 0 Å². The highest BCUT2D eigenvalue weighted by Gasteiger charge is 2.22. The molecule has 0 aliphatic heterocycles. The molecule has 1 aliphatic rings. The van der Waals surface area contributed by atoms with Crippen molar-refractivity contribution in [1.29, 1.82) is 0 Å². The number of anilines is 1. The van der Waals surface area contributed by atoms with E-state index in [9.17, 15) is 0 Å². The van der Waals surface area contributed by atoms with Crippen LogP contribution in [0.2, 0.25) is 0 Å². The van der Waals surface area contributed by atoms with E-state index in [0.717, 1.165) is 5.92 Å². The van der Waals surface area contributed by atoms with Gasteiger partial charge in [0, 0.05) is 18.4 Å². The monoisotopic (exact) mass is 207 g/mol. The lowest BCUT2D eigenvalue weighted by Crippen LogP contribution is -2.19. The van der Waals surface area contributed by atoms with Crippen LogP contribution in [0.25, 0.3) is 0 Å². The topological polar surface area (TPSA) is 43.8 Å². The van der Waals surface area contributed by atoms with E-state index >= 15 is 0 Å². The van der Waals surface area contributed by atoms with E-state index in [2.05, 4.69) is 16.5 Å². The summed E-state index contributed by atoms with van der Waals surface area (Å²) in [5.41, 5.74) is 5.82. The third-order valence-corrected chi connectivity index (χ3v) is 3.61. The van der Waals surface area contributed by atoms with Crippen molar-refractivity contribution < 1.29 is 0 Å². The van der Waals surface area contributed by atoms with Gasteiger partial charge in [-0.1, -0.05) is 19.8 Å². The minimum atomic E-state index is 0.598. The Morgan fingerprint density at radius 2 is 2.13 bits per heavy atom. The number of hydrogen-bond acceptors (Lipinski definition) is 2. The summed E-state index contributed by atoms with van der Waals surface area (Å²) in [7, 11) is 0. The molecule has 0 atom stereocenters. The van der Waals surface area contributed by atoms with Gasteiger partial charge in [0.25, 0.3) is 0 Å². The van der Waals surface area contributed by atoms with Crippen LogP contribution in [0.1, 0.15) is 51.5 Å². The molecule has 0 saturated heterocycles. The van der Waals surface area contributed by atoms with Gasteiger partial charge in [-0.15, -0.1) is 0 Å². The van der Waals surface area contributed by atoms with Gasteiger partial charge in [-0.25, -0.2) is 4.98 Å². The lowest BCUT2D eigenvalue weighted by atomic mass is 9.83. The molecule has 0 spiro atoms. The molecule has 1 aliphatic carbocycles. The summed E-state index contributed by atoms with van der Waals surface area (Å²) in [6, 6.07) is 0.598. The largest absolute Gasteiger partial charge is 0.369 e. The first-order chi connectivity index (χ1) is 7.31. The van der Waals surface area contributed by atoms with E-state index in [0.29, 0.717) is 12.0 Å². The molecule has 3 heteroatoms. The summed E-state index contributed by atoms with van der Waals surface area (Å²) < 4.78 is 2.14. The van der Waals surface area contributed by atoms with Crippen LogP contribution in [0.15, 0.2) is 12.4 Å². The third kappa shape index (κ3) is 2.33. The van der Waals surface area contributed by atoms with Crippen molar-refractivity contribution in [3.05, 3.63) is 12.4 Å². The fourth-order valence-electron chi connectivity index (χ4n) is 2.75. The summed E-state index contributed by atoms with van der Waals surface area (Å²) in [6.07, 6.45) is 11.8. The Morgan fingerprint density at radius 1 is 1.40 bits per heavy atom. The predicted octanol–water partition coefficient (Wildman–Crippen LogP) is 3.00. The first-order valence-electron chi connectivity index (χ1n) is 6.09. The predicted molar refractivity (Wildman–Crippen MR) is 62.5 cm³/mol. The van der Waals surface area contributed by atoms with Gasteiger partial charge in [0.1, 0.15) is 0 Å². The van der Waals surface area contributed by atoms with E-state index in [1.54, 1.807) is 6.20 Å². The normalized spacial score (nSPS) is 26.7. The second kappa shape index (κ2) is 4.69. The van der Waals surface area contributed by atoms with Crippen molar-refractivity contribution >= 4 is 5.95 Å². The maximum absolute atomic E-state index is 5.82. The number of nitrogens with two attached hydrogens (primary N) is 1. The van der Waals surface area contributed by atoms with E-state index in [-0.39, 0.29) is 0 Å². The number of imidazole rings is 1. The first kappa shape index (κ1) is 10.5. The average molecular weight is 207 g/mol. The fraction of sp³-hybridized carbons (Fsp3) is 0.750. The van der Waals surface area contributed by atoms with Crippen LogP contribution in [0.4, 0.5) is 5.95 Å². The molecule has 1 saturated carbocycles.